The second-order valence-electron chi connectivity index (χ2n) is 5.76. The lowest BCUT2D eigenvalue weighted by Crippen LogP contribution is -2.45. The van der Waals surface area contributed by atoms with E-state index in [0.29, 0.717) is 6.54 Å². The molecule has 0 bridgehead atoms. The van der Waals surface area contributed by atoms with E-state index < -0.39 is 6.04 Å². The Kier molecular flexibility index (Phi) is 5.73. The van der Waals surface area contributed by atoms with Gasteiger partial charge in [0.15, 0.2) is 0 Å². The Morgan fingerprint density at radius 3 is 2.50 bits per heavy atom. The summed E-state index contributed by atoms with van der Waals surface area (Å²) in [5, 5.41) is 9.96. The third-order valence-corrected chi connectivity index (χ3v) is 3.90. The lowest BCUT2D eigenvalue weighted by molar-refractivity contribution is -0.128. The summed E-state index contributed by atoms with van der Waals surface area (Å²) in [6.07, 6.45) is 0.203. The highest BCUT2D eigenvalue weighted by Crippen LogP contribution is 2.18. The standard InChI is InChI=1S/C18H24N4O2/c1-5-19-18(24)13(3)20-17(23)11-16-12(2)21-22(14(16)4)15-9-7-6-8-10-15/h6-10,13H,5,11H2,1-4H3,(H,19,24)(H,20,23)/t13-/m1/s1. The molecule has 0 aliphatic carbocycles. The maximum Gasteiger partial charge on any atom is 0.242 e. The van der Waals surface area contributed by atoms with Gasteiger partial charge in [0.2, 0.25) is 11.8 Å². The third kappa shape index (κ3) is 4.01. The molecular formula is C18H24N4O2. The zero-order chi connectivity index (χ0) is 17.7. The van der Waals surface area contributed by atoms with Crippen LogP contribution in [-0.2, 0) is 16.0 Å². The fourth-order valence-corrected chi connectivity index (χ4v) is 2.60. The average molecular weight is 328 g/mol. The summed E-state index contributed by atoms with van der Waals surface area (Å²) in [6.45, 7) is 7.90. The van der Waals surface area contributed by atoms with Gasteiger partial charge >= 0.3 is 0 Å². The molecule has 1 aromatic carbocycles. The zero-order valence-corrected chi connectivity index (χ0v) is 14.6. The molecule has 2 N–H and O–H groups in total. The molecule has 0 radical (unpaired) electrons. The quantitative estimate of drug-likeness (QED) is 0.847. The topological polar surface area (TPSA) is 76.0 Å². The van der Waals surface area contributed by atoms with Crippen molar-refractivity contribution in [1.29, 1.82) is 0 Å². The molecule has 2 amide bonds. The Balaban J connectivity index is 2.12. The van der Waals surface area contributed by atoms with Crippen molar-refractivity contribution >= 4 is 11.8 Å². The van der Waals surface area contributed by atoms with E-state index in [-0.39, 0.29) is 18.2 Å². The summed E-state index contributed by atoms with van der Waals surface area (Å²) in [5.41, 5.74) is 3.59. The lowest BCUT2D eigenvalue weighted by atomic mass is 10.1. The Morgan fingerprint density at radius 2 is 1.88 bits per heavy atom. The second kappa shape index (κ2) is 7.77. The number of hydrogen-bond acceptors (Lipinski definition) is 3. The molecule has 0 spiro atoms. The maximum atomic E-state index is 12.3. The summed E-state index contributed by atoms with van der Waals surface area (Å²) in [7, 11) is 0. The minimum absolute atomic E-state index is 0.181. The first-order valence-corrected chi connectivity index (χ1v) is 8.11. The molecule has 24 heavy (non-hydrogen) atoms. The van der Waals surface area contributed by atoms with Crippen LogP contribution in [0.5, 0.6) is 0 Å². The van der Waals surface area contributed by atoms with Gasteiger partial charge in [-0.05, 0) is 39.8 Å². The number of aryl methyl sites for hydroxylation is 1. The number of aromatic nitrogens is 2. The highest BCUT2D eigenvalue weighted by atomic mass is 16.2. The maximum absolute atomic E-state index is 12.3. The molecular weight excluding hydrogens is 304 g/mol. The van der Waals surface area contributed by atoms with E-state index in [9.17, 15) is 9.59 Å². The van der Waals surface area contributed by atoms with Gasteiger partial charge in [0, 0.05) is 17.8 Å². The van der Waals surface area contributed by atoms with Crippen LogP contribution in [0.4, 0.5) is 0 Å². The molecule has 0 saturated heterocycles. The Hall–Kier alpha value is -2.63. The second-order valence-corrected chi connectivity index (χ2v) is 5.76. The smallest absolute Gasteiger partial charge is 0.242 e. The van der Waals surface area contributed by atoms with Crippen LogP contribution in [0.1, 0.15) is 30.8 Å². The monoisotopic (exact) mass is 328 g/mol. The molecule has 6 nitrogen and oxygen atoms in total. The van der Waals surface area contributed by atoms with E-state index >= 15 is 0 Å². The summed E-state index contributed by atoms with van der Waals surface area (Å²) >= 11 is 0. The van der Waals surface area contributed by atoms with Crippen LogP contribution in [0.25, 0.3) is 5.69 Å². The van der Waals surface area contributed by atoms with Crippen molar-refractivity contribution in [3.8, 4) is 5.69 Å². The molecule has 0 fully saturated rings. The van der Waals surface area contributed by atoms with Gasteiger partial charge in [-0.1, -0.05) is 18.2 Å². The number of likely N-dealkylation sites (N-methyl/N-ethyl adjacent to an activating group) is 1. The third-order valence-electron chi connectivity index (χ3n) is 3.90. The first-order valence-electron chi connectivity index (χ1n) is 8.11. The van der Waals surface area contributed by atoms with Gasteiger partial charge in [-0.15, -0.1) is 0 Å². The normalized spacial score (nSPS) is 11.8. The van der Waals surface area contributed by atoms with Crippen molar-refractivity contribution in [2.75, 3.05) is 6.54 Å². The van der Waals surface area contributed by atoms with E-state index in [1.807, 2.05) is 55.8 Å². The largest absolute Gasteiger partial charge is 0.355 e. The zero-order valence-electron chi connectivity index (χ0n) is 14.6. The molecule has 1 aromatic heterocycles. The molecule has 1 heterocycles. The number of rotatable bonds is 6. The van der Waals surface area contributed by atoms with Gasteiger partial charge in [0.25, 0.3) is 0 Å². The Labute approximate surface area is 142 Å². The van der Waals surface area contributed by atoms with E-state index in [2.05, 4.69) is 15.7 Å². The number of carbonyl (C=O) groups is 2. The van der Waals surface area contributed by atoms with Crippen molar-refractivity contribution in [3.05, 3.63) is 47.3 Å². The van der Waals surface area contributed by atoms with E-state index in [1.165, 1.54) is 0 Å². The highest BCUT2D eigenvalue weighted by molar-refractivity contribution is 5.88. The summed E-state index contributed by atoms with van der Waals surface area (Å²) < 4.78 is 1.84. The summed E-state index contributed by atoms with van der Waals surface area (Å²) in [5.74, 6) is -0.369. The first-order chi connectivity index (χ1) is 11.4. The fourth-order valence-electron chi connectivity index (χ4n) is 2.60. The Morgan fingerprint density at radius 1 is 1.21 bits per heavy atom. The molecule has 2 rings (SSSR count). The van der Waals surface area contributed by atoms with Crippen molar-refractivity contribution < 1.29 is 9.59 Å². The number of nitrogens with zero attached hydrogens (tertiary/aromatic N) is 2. The van der Waals surface area contributed by atoms with Crippen LogP contribution in [0.3, 0.4) is 0 Å². The SMILES string of the molecule is CCNC(=O)[C@@H](C)NC(=O)Cc1c(C)nn(-c2ccccc2)c1C. The molecule has 0 aliphatic heterocycles. The van der Waals surface area contributed by atoms with Crippen molar-refractivity contribution in [2.24, 2.45) is 0 Å². The van der Waals surface area contributed by atoms with Crippen LogP contribution in [0.15, 0.2) is 30.3 Å². The van der Waals surface area contributed by atoms with E-state index in [4.69, 9.17) is 0 Å². The van der Waals surface area contributed by atoms with Crippen molar-refractivity contribution in [2.45, 2.75) is 40.2 Å². The fraction of sp³-hybridized carbons (Fsp3) is 0.389. The van der Waals surface area contributed by atoms with Gasteiger partial charge in [0.1, 0.15) is 6.04 Å². The number of para-hydroxylation sites is 1. The number of amides is 2. The lowest BCUT2D eigenvalue weighted by Gasteiger charge is -2.13. The van der Waals surface area contributed by atoms with Crippen LogP contribution < -0.4 is 10.6 Å². The van der Waals surface area contributed by atoms with E-state index in [1.54, 1.807) is 6.92 Å². The van der Waals surface area contributed by atoms with Crippen LogP contribution in [-0.4, -0.2) is 34.2 Å². The molecule has 2 aromatic rings. The molecule has 1 atom stereocenters. The molecule has 0 saturated carbocycles. The van der Waals surface area contributed by atoms with Gasteiger partial charge < -0.3 is 10.6 Å². The van der Waals surface area contributed by atoms with Crippen molar-refractivity contribution in [1.82, 2.24) is 20.4 Å². The minimum atomic E-state index is -0.553. The van der Waals surface area contributed by atoms with Crippen LogP contribution in [0, 0.1) is 13.8 Å². The molecule has 128 valence electrons. The number of nitrogens with one attached hydrogen (secondary N) is 2. The predicted molar refractivity (Wildman–Crippen MR) is 93.0 cm³/mol. The van der Waals surface area contributed by atoms with E-state index in [0.717, 1.165) is 22.6 Å². The Bertz CT molecular complexity index is 722. The number of benzene rings is 1. The summed E-state index contributed by atoms with van der Waals surface area (Å²) in [6, 6.07) is 9.24. The molecule has 6 heteroatoms. The van der Waals surface area contributed by atoms with Gasteiger partial charge in [-0.25, -0.2) is 4.68 Å². The highest BCUT2D eigenvalue weighted by Gasteiger charge is 2.19. The predicted octanol–water partition coefficient (Wildman–Crippen LogP) is 1.67. The molecule has 0 aliphatic rings. The van der Waals surface area contributed by atoms with Gasteiger partial charge in [-0.3, -0.25) is 9.59 Å². The van der Waals surface area contributed by atoms with Crippen LogP contribution >= 0.6 is 0 Å². The van der Waals surface area contributed by atoms with Crippen LogP contribution in [0.2, 0.25) is 0 Å². The minimum Gasteiger partial charge on any atom is -0.355 e. The number of hydrogen-bond donors (Lipinski definition) is 2. The van der Waals surface area contributed by atoms with Gasteiger partial charge in [0.05, 0.1) is 17.8 Å². The van der Waals surface area contributed by atoms with Crippen molar-refractivity contribution in [3.63, 3.8) is 0 Å². The molecule has 0 unspecified atom stereocenters. The summed E-state index contributed by atoms with van der Waals surface area (Å²) in [4.78, 5) is 24.0. The number of carbonyl (C=O) groups excluding carboxylic acids is 2. The first kappa shape index (κ1) is 17.7. The average Bonchev–Trinajstić information content (AvgIpc) is 2.84. The van der Waals surface area contributed by atoms with Gasteiger partial charge in [-0.2, -0.15) is 5.10 Å².